The minimum Gasteiger partial charge on any atom is -0.204 e. The van der Waals surface area contributed by atoms with Gasteiger partial charge in [0.05, 0.1) is 0 Å². The molecule has 0 atom stereocenters. The van der Waals surface area contributed by atoms with E-state index in [1.165, 1.54) is 49.3 Å². The standard InChI is InChI=1S/C25H26F2/c1-2-5-19-8-13-22(14-9-19)23-15-10-20(11-16-23)6-3-4-7-21-12-17-24(26)25(27)18-21/h3,6,8-9,12-14,17-18,20,23H,2,5,10-11,15-16H2,1H3/b6-3+. The van der Waals surface area contributed by atoms with Gasteiger partial charge in [-0.2, -0.15) is 0 Å². The van der Waals surface area contributed by atoms with E-state index in [9.17, 15) is 8.78 Å². The Hall–Kier alpha value is -2.40. The topological polar surface area (TPSA) is 0 Å². The smallest absolute Gasteiger partial charge is 0.160 e. The van der Waals surface area contributed by atoms with Gasteiger partial charge in [0.2, 0.25) is 0 Å². The van der Waals surface area contributed by atoms with Crippen LogP contribution in [-0.2, 0) is 6.42 Å². The van der Waals surface area contributed by atoms with E-state index >= 15 is 0 Å². The third-order valence-corrected chi connectivity index (χ3v) is 5.35. The van der Waals surface area contributed by atoms with Gasteiger partial charge in [0, 0.05) is 5.56 Å². The first kappa shape index (κ1) is 19.4. The molecule has 0 nitrogen and oxygen atoms in total. The van der Waals surface area contributed by atoms with Crippen molar-refractivity contribution in [1.82, 2.24) is 0 Å². The summed E-state index contributed by atoms with van der Waals surface area (Å²) in [6, 6.07) is 12.9. The monoisotopic (exact) mass is 364 g/mol. The van der Waals surface area contributed by atoms with Crippen LogP contribution in [0.2, 0.25) is 0 Å². The molecule has 3 rings (SSSR count). The van der Waals surface area contributed by atoms with E-state index in [-0.39, 0.29) is 0 Å². The minimum atomic E-state index is -0.855. The van der Waals surface area contributed by atoms with Gasteiger partial charge in [-0.3, -0.25) is 0 Å². The molecule has 140 valence electrons. The highest BCUT2D eigenvalue weighted by molar-refractivity contribution is 5.37. The lowest BCUT2D eigenvalue weighted by Gasteiger charge is -2.27. The van der Waals surface area contributed by atoms with E-state index in [1.54, 1.807) is 0 Å². The lowest BCUT2D eigenvalue weighted by molar-refractivity contribution is 0.376. The molecule has 0 heterocycles. The van der Waals surface area contributed by atoms with Gasteiger partial charge < -0.3 is 0 Å². The van der Waals surface area contributed by atoms with Crippen molar-refractivity contribution in [2.75, 3.05) is 0 Å². The highest BCUT2D eigenvalue weighted by atomic mass is 19.2. The fourth-order valence-electron chi connectivity index (χ4n) is 3.77. The molecule has 0 saturated heterocycles. The molecule has 1 aliphatic rings. The van der Waals surface area contributed by atoms with Gasteiger partial charge >= 0.3 is 0 Å². The molecule has 1 aliphatic carbocycles. The maximum Gasteiger partial charge on any atom is 0.160 e. The van der Waals surface area contributed by atoms with Crippen molar-refractivity contribution in [3.63, 3.8) is 0 Å². The van der Waals surface area contributed by atoms with E-state index in [0.717, 1.165) is 18.6 Å². The Morgan fingerprint density at radius 3 is 2.37 bits per heavy atom. The van der Waals surface area contributed by atoms with Gasteiger partial charge in [-0.1, -0.05) is 55.5 Å². The molecule has 0 aliphatic heterocycles. The normalized spacial score (nSPS) is 19.7. The molecule has 27 heavy (non-hydrogen) atoms. The van der Waals surface area contributed by atoms with Crippen LogP contribution in [0.5, 0.6) is 0 Å². The molecule has 0 amide bonds. The summed E-state index contributed by atoms with van der Waals surface area (Å²) < 4.78 is 26.1. The number of hydrogen-bond donors (Lipinski definition) is 0. The lowest BCUT2D eigenvalue weighted by atomic mass is 9.78. The predicted octanol–water partition coefficient (Wildman–Crippen LogP) is 6.80. The molecular weight excluding hydrogens is 338 g/mol. The fourth-order valence-corrected chi connectivity index (χ4v) is 3.77. The Morgan fingerprint density at radius 2 is 1.70 bits per heavy atom. The molecule has 0 bridgehead atoms. The van der Waals surface area contributed by atoms with Crippen LogP contribution in [0.25, 0.3) is 0 Å². The quantitative estimate of drug-likeness (QED) is 0.523. The summed E-state index contributed by atoms with van der Waals surface area (Å²) in [5, 5.41) is 0. The third kappa shape index (κ3) is 5.54. The number of benzene rings is 2. The molecular formula is C25H26F2. The summed E-state index contributed by atoms with van der Waals surface area (Å²) in [4.78, 5) is 0. The SMILES string of the molecule is CCCc1ccc(C2CCC(/C=C/C#Cc3ccc(F)c(F)c3)CC2)cc1. The predicted molar refractivity (Wildman–Crippen MR) is 108 cm³/mol. The van der Waals surface area contributed by atoms with Crippen molar-refractivity contribution >= 4 is 0 Å². The second kappa shape index (κ2) is 9.51. The van der Waals surface area contributed by atoms with Crippen LogP contribution in [0.1, 0.15) is 61.6 Å². The Labute approximate surface area is 161 Å². The van der Waals surface area contributed by atoms with Crippen LogP contribution in [0.15, 0.2) is 54.6 Å². The van der Waals surface area contributed by atoms with Gasteiger partial charge in [0.15, 0.2) is 11.6 Å². The van der Waals surface area contributed by atoms with Gasteiger partial charge in [-0.05, 0) is 79.3 Å². The number of aryl methyl sites for hydroxylation is 1. The Balaban J connectivity index is 1.50. The number of rotatable bonds is 4. The zero-order valence-electron chi connectivity index (χ0n) is 15.8. The summed E-state index contributed by atoms with van der Waals surface area (Å²) in [6.45, 7) is 2.21. The van der Waals surface area contributed by atoms with Crippen LogP contribution >= 0.6 is 0 Å². The van der Waals surface area contributed by atoms with Crippen LogP contribution in [0.3, 0.4) is 0 Å². The molecule has 0 spiro atoms. The average molecular weight is 364 g/mol. The van der Waals surface area contributed by atoms with Gasteiger partial charge in [-0.15, -0.1) is 0 Å². The Bertz CT molecular complexity index is 829. The fraction of sp³-hybridized carbons (Fsp3) is 0.360. The van der Waals surface area contributed by atoms with Crippen LogP contribution in [0, 0.1) is 29.4 Å². The van der Waals surface area contributed by atoms with Crippen molar-refractivity contribution in [1.29, 1.82) is 0 Å². The maximum atomic E-state index is 13.2. The van der Waals surface area contributed by atoms with Crippen molar-refractivity contribution in [2.24, 2.45) is 5.92 Å². The van der Waals surface area contributed by atoms with E-state index in [0.29, 0.717) is 17.4 Å². The molecule has 2 aromatic rings. The van der Waals surface area contributed by atoms with Crippen LogP contribution in [-0.4, -0.2) is 0 Å². The molecule has 2 aromatic carbocycles. The van der Waals surface area contributed by atoms with E-state index in [4.69, 9.17) is 0 Å². The van der Waals surface area contributed by atoms with Crippen molar-refractivity contribution in [2.45, 2.75) is 51.4 Å². The molecule has 0 radical (unpaired) electrons. The van der Waals surface area contributed by atoms with Crippen molar-refractivity contribution in [3.8, 4) is 11.8 Å². The zero-order chi connectivity index (χ0) is 19.1. The summed E-state index contributed by atoms with van der Waals surface area (Å²) in [5.41, 5.74) is 3.39. The second-order valence-electron chi connectivity index (χ2n) is 7.36. The maximum absolute atomic E-state index is 13.2. The summed E-state index contributed by atoms with van der Waals surface area (Å²) in [5.74, 6) is 5.32. The second-order valence-corrected chi connectivity index (χ2v) is 7.36. The first-order valence-electron chi connectivity index (χ1n) is 9.88. The number of halogens is 2. The van der Waals surface area contributed by atoms with Crippen molar-refractivity contribution in [3.05, 3.63) is 82.9 Å². The van der Waals surface area contributed by atoms with Crippen LogP contribution < -0.4 is 0 Å². The van der Waals surface area contributed by atoms with Gasteiger partial charge in [0.25, 0.3) is 0 Å². The van der Waals surface area contributed by atoms with Gasteiger partial charge in [-0.25, -0.2) is 8.78 Å². The molecule has 0 unspecified atom stereocenters. The minimum absolute atomic E-state index is 0.494. The van der Waals surface area contributed by atoms with E-state index in [1.807, 2.05) is 6.08 Å². The highest BCUT2D eigenvalue weighted by Crippen LogP contribution is 2.36. The number of allylic oxidation sites excluding steroid dienone is 2. The first-order valence-corrected chi connectivity index (χ1v) is 9.88. The molecule has 0 N–H and O–H groups in total. The lowest BCUT2D eigenvalue weighted by Crippen LogP contribution is -2.11. The zero-order valence-corrected chi connectivity index (χ0v) is 15.8. The summed E-state index contributed by atoms with van der Waals surface area (Å²) >= 11 is 0. The first-order chi connectivity index (χ1) is 13.2. The van der Waals surface area contributed by atoms with E-state index in [2.05, 4.69) is 49.1 Å². The third-order valence-electron chi connectivity index (χ3n) is 5.35. The Kier molecular flexibility index (Phi) is 6.82. The molecule has 1 saturated carbocycles. The highest BCUT2D eigenvalue weighted by Gasteiger charge is 2.20. The summed E-state index contributed by atoms with van der Waals surface area (Å²) in [6.07, 6.45) is 11.1. The molecule has 2 heteroatoms. The summed E-state index contributed by atoms with van der Waals surface area (Å²) in [7, 11) is 0. The van der Waals surface area contributed by atoms with Gasteiger partial charge in [0.1, 0.15) is 0 Å². The molecule has 0 aromatic heterocycles. The average Bonchev–Trinajstić information content (AvgIpc) is 2.69. The van der Waals surface area contributed by atoms with Crippen molar-refractivity contribution < 1.29 is 8.78 Å². The number of hydrogen-bond acceptors (Lipinski definition) is 0. The largest absolute Gasteiger partial charge is 0.204 e. The Morgan fingerprint density at radius 1 is 0.963 bits per heavy atom. The van der Waals surface area contributed by atoms with Crippen LogP contribution in [0.4, 0.5) is 8.78 Å². The molecule has 1 fully saturated rings. The van der Waals surface area contributed by atoms with E-state index < -0.39 is 11.6 Å².